The van der Waals surface area contributed by atoms with Crippen molar-refractivity contribution < 1.29 is 9.53 Å². The summed E-state index contributed by atoms with van der Waals surface area (Å²) in [5.74, 6) is 0.824. The zero-order valence-electron chi connectivity index (χ0n) is 16.5. The van der Waals surface area contributed by atoms with Crippen molar-refractivity contribution in [3.8, 4) is 5.75 Å². The van der Waals surface area contributed by atoms with Gasteiger partial charge in [0.1, 0.15) is 5.75 Å². The number of aryl methyl sites for hydroxylation is 3. The second kappa shape index (κ2) is 7.50. The molecule has 2 heterocycles. The molecule has 0 radical (unpaired) electrons. The number of hydrogen-bond acceptors (Lipinski definition) is 3. The van der Waals surface area contributed by atoms with Crippen molar-refractivity contribution in [3.63, 3.8) is 0 Å². The molecule has 4 rings (SSSR count). The molecule has 0 saturated heterocycles. The molecule has 0 spiro atoms. The first-order valence-corrected chi connectivity index (χ1v) is 9.63. The number of carbonyl (C=O) groups excluding carboxylic acids is 1. The number of fused-ring (bicyclic) bond motifs is 1. The maximum Gasteiger partial charge on any atom is 0.255 e. The standard InChI is InChI=1S/C23H25N3O2/c1-15-9-10-16(2)22-21(15)19(11-12-28-22)25-23(27)18-14-24-26(3)20(18)13-17-7-5-4-6-8-17/h4-10,14,19H,11-13H2,1-3H3,(H,25,27)/t19-/m0/s1. The molecule has 0 saturated carbocycles. The predicted molar refractivity (Wildman–Crippen MR) is 109 cm³/mol. The minimum atomic E-state index is -0.0854. The molecule has 0 unspecified atom stereocenters. The van der Waals surface area contributed by atoms with Gasteiger partial charge in [-0.15, -0.1) is 0 Å². The van der Waals surface area contributed by atoms with E-state index in [4.69, 9.17) is 4.74 Å². The predicted octanol–water partition coefficient (Wildman–Crippen LogP) is 3.88. The van der Waals surface area contributed by atoms with E-state index in [1.165, 1.54) is 0 Å². The Morgan fingerprint density at radius 3 is 2.71 bits per heavy atom. The number of nitrogens with zero attached hydrogens (tertiary/aromatic N) is 2. The molecule has 1 amide bonds. The van der Waals surface area contributed by atoms with Crippen molar-refractivity contribution in [3.05, 3.63) is 82.2 Å². The van der Waals surface area contributed by atoms with Crippen LogP contribution < -0.4 is 10.1 Å². The van der Waals surface area contributed by atoms with Crippen LogP contribution in [-0.2, 0) is 13.5 Å². The lowest BCUT2D eigenvalue weighted by atomic mass is 9.93. The van der Waals surface area contributed by atoms with E-state index in [2.05, 4.69) is 41.6 Å². The average Bonchev–Trinajstić information content (AvgIpc) is 3.06. The molecule has 28 heavy (non-hydrogen) atoms. The molecule has 3 aromatic rings. The van der Waals surface area contributed by atoms with E-state index in [-0.39, 0.29) is 11.9 Å². The van der Waals surface area contributed by atoms with Crippen LogP contribution in [0, 0.1) is 13.8 Å². The Balaban J connectivity index is 1.61. The van der Waals surface area contributed by atoms with Crippen LogP contribution in [0.25, 0.3) is 0 Å². The highest BCUT2D eigenvalue weighted by Gasteiger charge is 2.27. The molecule has 0 aliphatic carbocycles. The Hall–Kier alpha value is -3.08. The molecule has 5 nitrogen and oxygen atoms in total. The normalized spacial score (nSPS) is 15.6. The maximum atomic E-state index is 13.1. The van der Waals surface area contributed by atoms with Gasteiger partial charge in [-0.05, 0) is 30.5 Å². The lowest BCUT2D eigenvalue weighted by Gasteiger charge is -2.29. The number of ether oxygens (including phenoxy) is 1. The lowest BCUT2D eigenvalue weighted by molar-refractivity contribution is 0.0923. The highest BCUT2D eigenvalue weighted by Crippen LogP contribution is 2.37. The number of rotatable bonds is 4. The van der Waals surface area contributed by atoms with Crippen LogP contribution in [0.3, 0.4) is 0 Å². The smallest absolute Gasteiger partial charge is 0.255 e. The number of aromatic nitrogens is 2. The molecule has 0 bridgehead atoms. The third-order valence-electron chi connectivity index (χ3n) is 5.44. The summed E-state index contributed by atoms with van der Waals surface area (Å²) >= 11 is 0. The van der Waals surface area contributed by atoms with Gasteiger partial charge in [0.15, 0.2) is 0 Å². The van der Waals surface area contributed by atoms with Crippen LogP contribution in [0.15, 0.2) is 48.7 Å². The molecule has 1 N–H and O–H groups in total. The summed E-state index contributed by atoms with van der Waals surface area (Å²) in [6.07, 6.45) is 3.09. The third kappa shape index (κ3) is 3.40. The molecule has 1 aromatic heterocycles. The highest BCUT2D eigenvalue weighted by molar-refractivity contribution is 5.95. The fourth-order valence-corrected chi connectivity index (χ4v) is 3.89. The number of nitrogens with one attached hydrogen (secondary N) is 1. The lowest BCUT2D eigenvalue weighted by Crippen LogP contribution is -2.33. The van der Waals surface area contributed by atoms with Gasteiger partial charge in [-0.25, -0.2) is 0 Å². The molecule has 0 fully saturated rings. The van der Waals surface area contributed by atoms with Crippen molar-refractivity contribution in [2.24, 2.45) is 7.05 Å². The Kier molecular flexibility index (Phi) is 4.90. The number of amides is 1. The van der Waals surface area contributed by atoms with Crippen molar-refractivity contribution in [2.45, 2.75) is 32.7 Å². The minimum Gasteiger partial charge on any atom is -0.493 e. The van der Waals surface area contributed by atoms with Gasteiger partial charge in [-0.2, -0.15) is 5.10 Å². The van der Waals surface area contributed by atoms with E-state index in [0.29, 0.717) is 18.6 Å². The van der Waals surface area contributed by atoms with E-state index in [9.17, 15) is 4.79 Å². The molecule has 1 aliphatic heterocycles. The van der Waals surface area contributed by atoms with Gasteiger partial charge >= 0.3 is 0 Å². The van der Waals surface area contributed by atoms with E-state index in [0.717, 1.165) is 40.1 Å². The Morgan fingerprint density at radius 2 is 1.93 bits per heavy atom. The summed E-state index contributed by atoms with van der Waals surface area (Å²) in [6.45, 7) is 4.71. The van der Waals surface area contributed by atoms with E-state index >= 15 is 0 Å². The quantitative estimate of drug-likeness (QED) is 0.753. The first kappa shape index (κ1) is 18.3. The Labute approximate surface area is 165 Å². The fraction of sp³-hybridized carbons (Fsp3) is 0.304. The number of carbonyl (C=O) groups is 1. The molecule has 5 heteroatoms. The van der Waals surface area contributed by atoms with Crippen molar-refractivity contribution >= 4 is 5.91 Å². The minimum absolute atomic E-state index is 0.0547. The molecule has 1 aliphatic rings. The fourth-order valence-electron chi connectivity index (χ4n) is 3.89. The molecular formula is C23H25N3O2. The first-order chi connectivity index (χ1) is 13.5. The monoisotopic (exact) mass is 375 g/mol. The number of hydrogen-bond donors (Lipinski definition) is 1. The van der Waals surface area contributed by atoms with Crippen LogP contribution in [-0.4, -0.2) is 22.3 Å². The molecule has 2 aromatic carbocycles. The SMILES string of the molecule is Cc1ccc(C)c2c1OCC[C@@H]2NC(=O)c1cnn(C)c1Cc1ccccc1. The zero-order chi connectivity index (χ0) is 19.7. The second-order valence-electron chi connectivity index (χ2n) is 7.40. The summed E-state index contributed by atoms with van der Waals surface area (Å²) in [5.41, 5.74) is 6.03. The summed E-state index contributed by atoms with van der Waals surface area (Å²) in [4.78, 5) is 13.1. The van der Waals surface area contributed by atoms with Gasteiger partial charge in [0, 0.05) is 25.5 Å². The van der Waals surface area contributed by atoms with E-state index in [1.807, 2.05) is 32.2 Å². The van der Waals surface area contributed by atoms with Gasteiger partial charge in [0.05, 0.1) is 30.1 Å². The first-order valence-electron chi connectivity index (χ1n) is 9.63. The summed E-state index contributed by atoms with van der Waals surface area (Å²) in [6, 6.07) is 14.2. The summed E-state index contributed by atoms with van der Waals surface area (Å²) in [7, 11) is 1.88. The molecule has 1 atom stereocenters. The van der Waals surface area contributed by atoms with Crippen molar-refractivity contribution in [2.75, 3.05) is 6.61 Å². The Morgan fingerprint density at radius 1 is 1.18 bits per heavy atom. The second-order valence-corrected chi connectivity index (χ2v) is 7.40. The highest BCUT2D eigenvalue weighted by atomic mass is 16.5. The molecule has 144 valence electrons. The van der Waals surface area contributed by atoms with Gasteiger partial charge in [0.25, 0.3) is 5.91 Å². The largest absolute Gasteiger partial charge is 0.493 e. The van der Waals surface area contributed by atoms with Crippen LogP contribution in [0.2, 0.25) is 0 Å². The zero-order valence-corrected chi connectivity index (χ0v) is 16.5. The van der Waals surface area contributed by atoms with Crippen LogP contribution in [0.4, 0.5) is 0 Å². The summed E-state index contributed by atoms with van der Waals surface area (Å²) < 4.78 is 7.68. The third-order valence-corrected chi connectivity index (χ3v) is 5.44. The van der Waals surface area contributed by atoms with Crippen molar-refractivity contribution in [1.82, 2.24) is 15.1 Å². The van der Waals surface area contributed by atoms with Gasteiger partial charge in [0.2, 0.25) is 0 Å². The van der Waals surface area contributed by atoms with E-state index < -0.39 is 0 Å². The number of benzene rings is 2. The van der Waals surface area contributed by atoms with Crippen LogP contribution >= 0.6 is 0 Å². The topological polar surface area (TPSA) is 56.1 Å². The molecular weight excluding hydrogens is 350 g/mol. The average molecular weight is 375 g/mol. The van der Waals surface area contributed by atoms with Gasteiger partial charge < -0.3 is 10.1 Å². The summed E-state index contributed by atoms with van der Waals surface area (Å²) in [5, 5.41) is 7.56. The van der Waals surface area contributed by atoms with Gasteiger partial charge in [-0.3, -0.25) is 9.48 Å². The van der Waals surface area contributed by atoms with Crippen LogP contribution in [0.5, 0.6) is 5.75 Å². The van der Waals surface area contributed by atoms with Gasteiger partial charge in [-0.1, -0.05) is 42.5 Å². The van der Waals surface area contributed by atoms with Crippen molar-refractivity contribution in [1.29, 1.82) is 0 Å². The van der Waals surface area contributed by atoms with Crippen LogP contribution in [0.1, 0.15) is 50.8 Å². The van der Waals surface area contributed by atoms with E-state index in [1.54, 1.807) is 10.9 Å². The Bertz CT molecular complexity index is 1010. The maximum absolute atomic E-state index is 13.1.